The normalized spacial score (nSPS) is 12.6. The first-order valence-electron chi connectivity index (χ1n) is 12.0. The van der Waals surface area contributed by atoms with Gasteiger partial charge in [0.1, 0.15) is 16.2 Å². The highest BCUT2D eigenvalue weighted by Gasteiger charge is 2.34. The number of furan rings is 1. The molecule has 6 aromatic rings. The lowest BCUT2D eigenvalue weighted by Crippen LogP contribution is -2.19. The van der Waals surface area contributed by atoms with Crippen LogP contribution in [0.1, 0.15) is 29.1 Å². The number of carbonyl (C=O) groups excluding carboxylic acids is 1. The topological polar surface area (TPSA) is 107 Å². The van der Waals surface area contributed by atoms with Crippen molar-refractivity contribution in [2.45, 2.75) is 22.8 Å². The number of fused-ring (bicyclic) bond motifs is 2. The zero-order valence-corrected chi connectivity index (χ0v) is 21.1. The number of aromatic nitrogens is 3. The minimum Gasteiger partial charge on any atom is -0.459 e. The number of hydrogen-bond donors (Lipinski definition) is 1. The van der Waals surface area contributed by atoms with Crippen LogP contribution in [0, 0.1) is 0 Å². The van der Waals surface area contributed by atoms with Gasteiger partial charge in [0.05, 0.1) is 28.2 Å². The number of nitrogens with zero attached hydrogens (tertiary/aromatic N) is 3. The molecule has 3 aromatic carbocycles. The van der Waals surface area contributed by atoms with E-state index in [-0.39, 0.29) is 26.9 Å². The van der Waals surface area contributed by atoms with Gasteiger partial charge in [-0.2, -0.15) is 0 Å². The summed E-state index contributed by atoms with van der Waals surface area (Å²) in [5, 5.41) is 2.82. The zero-order valence-electron chi connectivity index (χ0n) is 20.3. The van der Waals surface area contributed by atoms with E-state index < -0.39 is 21.8 Å². The summed E-state index contributed by atoms with van der Waals surface area (Å²) in [4.78, 5) is 22.8. The minimum absolute atomic E-state index is 0.0447. The number of rotatable bonds is 6. The summed E-state index contributed by atoms with van der Waals surface area (Å²) in [6, 6.07) is 27.6. The van der Waals surface area contributed by atoms with Gasteiger partial charge in [-0.05, 0) is 48.9 Å². The highest BCUT2D eigenvalue weighted by molar-refractivity contribution is 7.92. The molecule has 0 spiro atoms. The molecule has 188 valence electrons. The third-order valence-electron chi connectivity index (χ3n) is 6.42. The number of anilines is 1. The molecule has 0 saturated carbocycles. The molecule has 9 heteroatoms. The second-order valence-electron chi connectivity index (χ2n) is 8.77. The lowest BCUT2D eigenvalue weighted by atomic mass is 10.1. The van der Waals surface area contributed by atoms with Gasteiger partial charge in [0, 0.05) is 0 Å². The highest BCUT2D eigenvalue weighted by atomic mass is 32.2. The molecule has 1 N–H and O–H groups in total. The number of carbonyl (C=O) groups is 1. The molecule has 0 aliphatic carbocycles. The third-order valence-corrected chi connectivity index (χ3v) is 8.24. The van der Waals surface area contributed by atoms with Crippen LogP contribution < -0.4 is 5.32 Å². The van der Waals surface area contributed by atoms with Gasteiger partial charge in [0.25, 0.3) is 5.91 Å². The Bertz CT molecular complexity index is 1880. The maximum atomic E-state index is 14.2. The molecule has 0 aliphatic heterocycles. The van der Waals surface area contributed by atoms with E-state index in [0.717, 1.165) is 5.56 Å². The summed E-state index contributed by atoms with van der Waals surface area (Å²) in [6.07, 6.45) is 1.38. The number of hydrogen-bond acceptors (Lipinski definition) is 6. The Kier molecular flexibility index (Phi) is 5.77. The van der Waals surface area contributed by atoms with Gasteiger partial charge in [-0.25, -0.2) is 18.4 Å². The van der Waals surface area contributed by atoms with Crippen molar-refractivity contribution in [3.63, 3.8) is 0 Å². The van der Waals surface area contributed by atoms with Gasteiger partial charge in [0.15, 0.2) is 11.4 Å². The molecule has 0 aliphatic rings. The summed E-state index contributed by atoms with van der Waals surface area (Å²) in [7, 11) is -4.14. The van der Waals surface area contributed by atoms with E-state index in [0.29, 0.717) is 16.7 Å². The van der Waals surface area contributed by atoms with Crippen molar-refractivity contribution >= 4 is 43.8 Å². The Hall–Kier alpha value is -4.76. The van der Waals surface area contributed by atoms with Gasteiger partial charge < -0.3 is 14.3 Å². The smallest absolute Gasteiger partial charge is 0.292 e. The van der Waals surface area contributed by atoms with E-state index in [2.05, 4.69) is 5.32 Å². The predicted octanol–water partition coefficient (Wildman–Crippen LogP) is 5.87. The molecular formula is C29H22N4O4S. The Morgan fingerprint density at radius 1 is 0.842 bits per heavy atom. The Morgan fingerprint density at radius 3 is 2.13 bits per heavy atom. The van der Waals surface area contributed by atoms with Crippen molar-refractivity contribution in [1.29, 1.82) is 0 Å². The average molecular weight is 523 g/mol. The molecule has 3 heterocycles. The van der Waals surface area contributed by atoms with Crippen LogP contribution in [0.15, 0.2) is 118 Å². The van der Waals surface area contributed by atoms with Gasteiger partial charge in [-0.15, -0.1) is 0 Å². The lowest BCUT2D eigenvalue weighted by Gasteiger charge is -2.19. The SMILES string of the molecule is C[C@@H](c1ccccc1)n1c(NC(=O)c2ccco2)c(S(=O)(=O)c2ccccc2)c2nc3ccccc3nc21. The van der Waals surface area contributed by atoms with E-state index in [4.69, 9.17) is 14.4 Å². The van der Waals surface area contributed by atoms with Crippen LogP contribution in [0.5, 0.6) is 0 Å². The van der Waals surface area contributed by atoms with Crippen molar-refractivity contribution in [2.24, 2.45) is 0 Å². The van der Waals surface area contributed by atoms with Crippen molar-refractivity contribution < 1.29 is 17.6 Å². The monoisotopic (exact) mass is 522 g/mol. The molecule has 6 rings (SSSR count). The molecule has 38 heavy (non-hydrogen) atoms. The molecule has 0 unspecified atom stereocenters. The highest BCUT2D eigenvalue weighted by Crippen LogP contribution is 2.40. The second kappa shape index (κ2) is 9.28. The summed E-state index contributed by atoms with van der Waals surface area (Å²) < 4.78 is 35.4. The molecule has 0 fully saturated rings. The molecule has 1 atom stereocenters. The zero-order chi connectivity index (χ0) is 26.3. The Morgan fingerprint density at radius 2 is 1.47 bits per heavy atom. The van der Waals surface area contributed by atoms with Gasteiger partial charge in [0.2, 0.25) is 9.84 Å². The molecule has 1 amide bonds. The van der Waals surface area contributed by atoms with Crippen LogP contribution in [0.25, 0.3) is 22.2 Å². The van der Waals surface area contributed by atoms with E-state index in [9.17, 15) is 13.2 Å². The summed E-state index contributed by atoms with van der Waals surface area (Å²) in [5.41, 5.74) is 2.55. The predicted molar refractivity (Wildman–Crippen MR) is 144 cm³/mol. The van der Waals surface area contributed by atoms with Crippen molar-refractivity contribution in [3.8, 4) is 0 Å². The van der Waals surface area contributed by atoms with Crippen LogP contribution in [0.4, 0.5) is 5.82 Å². The summed E-state index contributed by atoms with van der Waals surface area (Å²) >= 11 is 0. The minimum atomic E-state index is -4.14. The molecule has 3 aromatic heterocycles. The van der Waals surface area contributed by atoms with Crippen LogP contribution in [0.3, 0.4) is 0 Å². The van der Waals surface area contributed by atoms with Crippen LogP contribution >= 0.6 is 0 Å². The maximum Gasteiger partial charge on any atom is 0.292 e. The first-order chi connectivity index (χ1) is 18.4. The van der Waals surface area contributed by atoms with Crippen molar-refractivity contribution in [1.82, 2.24) is 14.5 Å². The van der Waals surface area contributed by atoms with E-state index in [1.807, 2.05) is 55.5 Å². The number of para-hydroxylation sites is 2. The van der Waals surface area contributed by atoms with E-state index in [1.165, 1.54) is 24.5 Å². The Balaban J connectivity index is 1.72. The molecule has 0 bridgehead atoms. The number of amides is 1. The molecular weight excluding hydrogens is 500 g/mol. The maximum absolute atomic E-state index is 14.2. The fourth-order valence-electron chi connectivity index (χ4n) is 4.56. The molecule has 0 radical (unpaired) electrons. The van der Waals surface area contributed by atoms with Gasteiger partial charge >= 0.3 is 0 Å². The summed E-state index contributed by atoms with van der Waals surface area (Å²) in [5.74, 6) is -0.478. The third kappa shape index (κ3) is 3.93. The van der Waals surface area contributed by atoms with Crippen molar-refractivity contribution in [3.05, 3.63) is 115 Å². The number of benzene rings is 3. The van der Waals surface area contributed by atoms with Crippen LogP contribution in [-0.4, -0.2) is 28.9 Å². The lowest BCUT2D eigenvalue weighted by molar-refractivity contribution is 0.0995. The average Bonchev–Trinajstić information content (AvgIpc) is 3.59. The van der Waals surface area contributed by atoms with Gasteiger partial charge in [-0.1, -0.05) is 60.7 Å². The Labute approximate surface area is 218 Å². The van der Waals surface area contributed by atoms with Gasteiger partial charge in [-0.3, -0.25) is 4.79 Å². The fourth-order valence-corrected chi connectivity index (χ4v) is 6.11. The van der Waals surface area contributed by atoms with Crippen LogP contribution in [0.2, 0.25) is 0 Å². The fraction of sp³-hybridized carbons (Fsp3) is 0.0690. The molecule has 8 nitrogen and oxygen atoms in total. The number of nitrogens with one attached hydrogen (secondary N) is 1. The standard InChI is InChI=1S/C29H22N4O4S/c1-19(20-11-4-2-5-12-20)33-27-25(30-22-15-8-9-16-23(22)31-27)26(38(35,36)21-13-6-3-7-14-21)28(33)32-29(34)24-17-10-18-37-24/h2-19H,1H3,(H,32,34)/t19-/m0/s1. The van der Waals surface area contributed by atoms with Crippen molar-refractivity contribution in [2.75, 3.05) is 5.32 Å². The van der Waals surface area contributed by atoms with E-state index >= 15 is 0 Å². The molecule has 0 saturated heterocycles. The first-order valence-corrected chi connectivity index (χ1v) is 13.4. The van der Waals surface area contributed by atoms with Crippen LogP contribution in [-0.2, 0) is 9.84 Å². The summed E-state index contributed by atoms with van der Waals surface area (Å²) in [6.45, 7) is 1.92. The largest absolute Gasteiger partial charge is 0.459 e. The number of sulfone groups is 1. The van der Waals surface area contributed by atoms with E-state index in [1.54, 1.807) is 34.9 Å². The first kappa shape index (κ1) is 23.6. The quantitative estimate of drug-likeness (QED) is 0.293. The second-order valence-corrected chi connectivity index (χ2v) is 10.7.